The summed E-state index contributed by atoms with van der Waals surface area (Å²) < 4.78 is 10.6. The minimum atomic E-state index is -1.75. The Morgan fingerprint density at radius 3 is 2.23 bits per heavy atom. The van der Waals surface area contributed by atoms with Gasteiger partial charge in [0.25, 0.3) is 0 Å². The molecule has 1 aliphatic rings. The topological polar surface area (TPSA) is 177 Å². The standard InChI is InChI=1S/C20H22O10/c1-29-11-6-10(23)13(15(24)8-2-4-9(22)5-3-8)17(26)14(11)20-19(28)18(27)16(25)12(7-21)30-20/h2-6,12,16,18-23,25-28H,7H2,1H3/t12?,16-,18?,19+,20+/m1/s1. The molecule has 2 unspecified atom stereocenters. The molecule has 0 saturated carbocycles. The van der Waals surface area contributed by atoms with E-state index in [0.717, 1.165) is 6.07 Å². The van der Waals surface area contributed by atoms with Crippen LogP contribution in [-0.4, -0.2) is 79.7 Å². The Morgan fingerprint density at radius 2 is 1.67 bits per heavy atom. The van der Waals surface area contributed by atoms with Gasteiger partial charge in [-0.25, -0.2) is 0 Å². The number of phenols is 3. The van der Waals surface area contributed by atoms with Crippen LogP contribution in [0.1, 0.15) is 27.6 Å². The third-order valence-corrected chi connectivity index (χ3v) is 5.03. The van der Waals surface area contributed by atoms with E-state index in [1.165, 1.54) is 31.4 Å². The molecule has 10 nitrogen and oxygen atoms in total. The van der Waals surface area contributed by atoms with Crippen molar-refractivity contribution in [2.24, 2.45) is 0 Å². The van der Waals surface area contributed by atoms with E-state index in [-0.39, 0.29) is 22.6 Å². The second-order valence-electron chi connectivity index (χ2n) is 6.86. The maximum atomic E-state index is 12.9. The Hall–Kier alpha value is -2.89. The number of phenolic OH excluding ortho intramolecular Hbond substituents is 3. The summed E-state index contributed by atoms with van der Waals surface area (Å²) in [6, 6.07) is 6.11. The molecule has 3 rings (SSSR count). The van der Waals surface area contributed by atoms with Crippen LogP contribution >= 0.6 is 0 Å². The second kappa shape index (κ2) is 8.46. The first-order valence-electron chi connectivity index (χ1n) is 8.98. The number of carbonyl (C=O) groups excluding carboxylic acids is 1. The predicted molar refractivity (Wildman–Crippen MR) is 101 cm³/mol. The number of ketones is 1. The fraction of sp³-hybridized carbons (Fsp3) is 0.350. The number of hydrogen-bond acceptors (Lipinski definition) is 10. The lowest BCUT2D eigenvalue weighted by molar-refractivity contribution is -0.232. The van der Waals surface area contributed by atoms with Gasteiger partial charge in [0.1, 0.15) is 59.1 Å². The fourth-order valence-electron chi connectivity index (χ4n) is 3.41. The van der Waals surface area contributed by atoms with Gasteiger partial charge in [0.15, 0.2) is 0 Å². The lowest BCUT2D eigenvalue weighted by Crippen LogP contribution is -2.55. The van der Waals surface area contributed by atoms with Crippen LogP contribution in [0.5, 0.6) is 23.0 Å². The van der Waals surface area contributed by atoms with Crippen LogP contribution in [-0.2, 0) is 4.74 Å². The number of methoxy groups -OCH3 is 1. The lowest BCUT2D eigenvalue weighted by atomic mass is 9.88. The van der Waals surface area contributed by atoms with E-state index in [0.29, 0.717) is 0 Å². The van der Waals surface area contributed by atoms with Gasteiger partial charge in [-0.3, -0.25) is 4.79 Å². The van der Waals surface area contributed by atoms with Gasteiger partial charge >= 0.3 is 0 Å². The van der Waals surface area contributed by atoms with E-state index in [2.05, 4.69) is 0 Å². The summed E-state index contributed by atoms with van der Waals surface area (Å²) in [6.07, 6.45) is -7.85. The van der Waals surface area contributed by atoms with Crippen molar-refractivity contribution < 1.29 is 50.0 Å². The highest BCUT2D eigenvalue weighted by atomic mass is 16.5. The Morgan fingerprint density at radius 1 is 1.03 bits per heavy atom. The lowest BCUT2D eigenvalue weighted by Gasteiger charge is -2.40. The third-order valence-electron chi connectivity index (χ3n) is 5.03. The highest BCUT2D eigenvalue weighted by Gasteiger charge is 2.46. The van der Waals surface area contributed by atoms with Crippen molar-refractivity contribution in [3.8, 4) is 23.0 Å². The van der Waals surface area contributed by atoms with Crippen LogP contribution in [0.4, 0.5) is 0 Å². The Kier molecular flexibility index (Phi) is 6.15. The number of aliphatic hydroxyl groups excluding tert-OH is 4. The van der Waals surface area contributed by atoms with Gasteiger partial charge in [0.05, 0.1) is 19.3 Å². The highest BCUT2D eigenvalue weighted by molar-refractivity contribution is 6.13. The molecule has 1 fully saturated rings. The molecule has 162 valence electrons. The predicted octanol–water partition coefficient (Wildman–Crippen LogP) is -0.442. The van der Waals surface area contributed by atoms with Crippen LogP contribution in [0.2, 0.25) is 0 Å². The average molecular weight is 422 g/mol. The van der Waals surface area contributed by atoms with Crippen molar-refractivity contribution >= 4 is 5.78 Å². The first kappa shape index (κ1) is 21.8. The molecule has 0 aromatic heterocycles. The van der Waals surface area contributed by atoms with Gasteiger partial charge < -0.3 is 45.2 Å². The van der Waals surface area contributed by atoms with Crippen LogP contribution in [0.15, 0.2) is 30.3 Å². The zero-order chi connectivity index (χ0) is 22.2. The van der Waals surface area contributed by atoms with Gasteiger partial charge in [-0.2, -0.15) is 0 Å². The quantitative estimate of drug-likeness (QED) is 0.313. The highest BCUT2D eigenvalue weighted by Crippen LogP contribution is 2.46. The van der Waals surface area contributed by atoms with E-state index in [1.807, 2.05) is 0 Å². The summed E-state index contributed by atoms with van der Waals surface area (Å²) in [5.41, 5.74) is -0.730. The third kappa shape index (κ3) is 3.66. The molecule has 0 amide bonds. The number of rotatable bonds is 5. The van der Waals surface area contributed by atoms with E-state index in [9.17, 15) is 40.5 Å². The second-order valence-corrected chi connectivity index (χ2v) is 6.86. The molecule has 0 bridgehead atoms. The molecule has 2 aromatic carbocycles. The minimum absolute atomic E-state index is 0.0447. The zero-order valence-corrected chi connectivity index (χ0v) is 15.8. The molecule has 0 radical (unpaired) electrons. The van der Waals surface area contributed by atoms with Crippen LogP contribution < -0.4 is 4.74 Å². The number of ether oxygens (including phenoxy) is 2. The maximum absolute atomic E-state index is 12.9. The first-order valence-corrected chi connectivity index (χ1v) is 8.98. The summed E-state index contributed by atoms with van der Waals surface area (Å²) in [4.78, 5) is 12.9. The maximum Gasteiger partial charge on any atom is 0.200 e. The van der Waals surface area contributed by atoms with E-state index < -0.39 is 60.0 Å². The molecule has 1 aliphatic heterocycles. The van der Waals surface area contributed by atoms with Crippen LogP contribution in [0.25, 0.3) is 0 Å². The van der Waals surface area contributed by atoms with Crippen molar-refractivity contribution in [2.45, 2.75) is 30.5 Å². The number of carbonyl (C=O) groups is 1. The molecule has 0 aliphatic carbocycles. The van der Waals surface area contributed by atoms with Crippen molar-refractivity contribution in [3.63, 3.8) is 0 Å². The summed E-state index contributed by atoms with van der Waals surface area (Å²) in [5.74, 6) is -2.42. The molecule has 2 aromatic rings. The average Bonchev–Trinajstić information content (AvgIpc) is 2.73. The Balaban J connectivity index is 2.14. The monoisotopic (exact) mass is 422 g/mol. The summed E-state index contributed by atoms with van der Waals surface area (Å²) in [7, 11) is 1.21. The summed E-state index contributed by atoms with van der Waals surface area (Å²) in [5, 5.41) is 70.4. The SMILES string of the molecule is COc1cc(O)c(C(=O)c2ccc(O)cc2)c(O)c1[C@@H]1OC(CO)[C@@H](O)C(O)[C@@H]1O. The molecular formula is C20H22O10. The Bertz CT molecular complexity index is 924. The largest absolute Gasteiger partial charge is 0.508 e. The summed E-state index contributed by atoms with van der Waals surface area (Å²) >= 11 is 0. The van der Waals surface area contributed by atoms with Crippen molar-refractivity contribution in [2.75, 3.05) is 13.7 Å². The normalized spacial score (nSPS) is 26.4. The first-order chi connectivity index (χ1) is 14.2. The smallest absolute Gasteiger partial charge is 0.200 e. The van der Waals surface area contributed by atoms with E-state index in [4.69, 9.17) is 9.47 Å². The van der Waals surface area contributed by atoms with Crippen LogP contribution in [0.3, 0.4) is 0 Å². The number of benzene rings is 2. The minimum Gasteiger partial charge on any atom is -0.508 e. The molecule has 0 spiro atoms. The van der Waals surface area contributed by atoms with Gasteiger partial charge in [-0.1, -0.05) is 0 Å². The van der Waals surface area contributed by atoms with Crippen molar-refractivity contribution in [1.82, 2.24) is 0 Å². The molecule has 30 heavy (non-hydrogen) atoms. The van der Waals surface area contributed by atoms with Gasteiger partial charge in [-0.15, -0.1) is 0 Å². The summed E-state index contributed by atoms with van der Waals surface area (Å²) in [6.45, 7) is -0.693. The van der Waals surface area contributed by atoms with Gasteiger partial charge in [0, 0.05) is 11.6 Å². The molecular weight excluding hydrogens is 400 g/mol. The molecule has 10 heteroatoms. The van der Waals surface area contributed by atoms with Crippen molar-refractivity contribution in [1.29, 1.82) is 0 Å². The van der Waals surface area contributed by atoms with Gasteiger partial charge in [0.2, 0.25) is 5.78 Å². The molecule has 1 heterocycles. The fourth-order valence-corrected chi connectivity index (χ4v) is 3.41. The number of aliphatic hydroxyl groups is 4. The van der Waals surface area contributed by atoms with Gasteiger partial charge in [-0.05, 0) is 24.3 Å². The molecule has 1 saturated heterocycles. The van der Waals surface area contributed by atoms with Crippen molar-refractivity contribution in [3.05, 3.63) is 47.0 Å². The Labute approximate surface area is 170 Å². The molecule has 7 N–H and O–H groups in total. The van der Waals surface area contributed by atoms with E-state index in [1.54, 1.807) is 0 Å². The van der Waals surface area contributed by atoms with Crippen LogP contribution in [0, 0.1) is 0 Å². The molecule has 5 atom stereocenters. The number of hydrogen-bond donors (Lipinski definition) is 7. The van der Waals surface area contributed by atoms with E-state index >= 15 is 0 Å². The number of aromatic hydroxyl groups is 3. The zero-order valence-electron chi connectivity index (χ0n) is 15.8.